The number of benzene rings is 1. The standard InChI is InChI=1S/C17H22N2O2/c1-2-9-21-15-7-3-6-14-16(15)13(11-19-14)17(20)12-5-4-8-18-10-12/h3,6-7,11-12,18-19H,2,4-5,8-10H2,1H3. The number of aromatic amines is 1. The van der Waals surface area contributed by atoms with Gasteiger partial charge in [0.2, 0.25) is 0 Å². The largest absolute Gasteiger partial charge is 0.493 e. The molecule has 2 N–H and O–H groups in total. The Morgan fingerprint density at radius 3 is 3.10 bits per heavy atom. The number of rotatable bonds is 5. The van der Waals surface area contributed by atoms with Crippen molar-refractivity contribution in [1.82, 2.24) is 10.3 Å². The van der Waals surface area contributed by atoms with Crippen LogP contribution in [0.2, 0.25) is 0 Å². The highest BCUT2D eigenvalue weighted by Crippen LogP contribution is 2.31. The Morgan fingerprint density at radius 1 is 1.43 bits per heavy atom. The van der Waals surface area contributed by atoms with E-state index in [-0.39, 0.29) is 11.7 Å². The Morgan fingerprint density at radius 2 is 2.33 bits per heavy atom. The lowest BCUT2D eigenvalue weighted by Gasteiger charge is -2.21. The van der Waals surface area contributed by atoms with Crippen molar-refractivity contribution in [2.75, 3.05) is 19.7 Å². The van der Waals surface area contributed by atoms with E-state index in [1.54, 1.807) is 0 Å². The molecule has 1 fully saturated rings. The fraction of sp³-hybridized carbons (Fsp3) is 0.471. The van der Waals surface area contributed by atoms with Gasteiger partial charge < -0.3 is 15.0 Å². The number of nitrogens with one attached hydrogen (secondary N) is 2. The maximum Gasteiger partial charge on any atom is 0.169 e. The van der Waals surface area contributed by atoms with Gasteiger partial charge in [0.25, 0.3) is 0 Å². The van der Waals surface area contributed by atoms with Gasteiger partial charge in [-0.3, -0.25) is 4.79 Å². The highest BCUT2D eigenvalue weighted by atomic mass is 16.5. The number of H-pyrrole nitrogens is 1. The molecule has 1 aromatic heterocycles. The molecule has 1 aromatic carbocycles. The first-order valence-electron chi connectivity index (χ1n) is 7.79. The molecule has 1 unspecified atom stereocenters. The molecule has 2 aromatic rings. The van der Waals surface area contributed by atoms with E-state index in [0.717, 1.165) is 54.6 Å². The van der Waals surface area contributed by atoms with E-state index < -0.39 is 0 Å². The van der Waals surface area contributed by atoms with Gasteiger partial charge in [-0.1, -0.05) is 13.0 Å². The van der Waals surface area contributed by atoms with Gasteiger partial charge in [-0.15, -0.1) is 0 Å². The van der Waals surface area contributed by atoms with Crippen molar-refractivity contribution in [2.45, 2.75) is 26.2 Å². The third kappa shape index (κ3) is 2.81. The molecule has 21 heavy (non-hydrogen) atoms. The number of carbonyl (C=O) groups excluding carboxylic acids is 1. The van der Waals surface area contributed by atoms with E-state index in [0.29, 0.717) is 6.61 Å². The van der Waals surface area contributed by atoms with Crippen LogP contribution in [-0.4, -0.2) is 30.5 Å². The van der Waals surface area contributed by atoms with E-state index in [1.807, 2.05) is 24.4 Å². The van der Waals surface area contributed by atoms with Gasteiger partial charge in [0, 0.05) is 29.7 Å². The summed E-state index contributed by atoms with van der Waals surface area (Å²) < 4.78 is 5.82. The molecule has 1 aliphatic heterocycles. The lowest BCUT2D eigenvalue weighted by molar-refractivity contribution is 0.0901. The molecule has 0 aliphatic carbocycles. The van der Waals surface area contributed by atoms with Crippen molar-refractivity contribution in [3.63, 3.8) is 0 Å². The second-order valence-corrected chi connectivity index (χ2v) is 5.64. The molecular weight excluding hydrogens is 264 g/mol. The predicted octanol–water partition coefficient (Wildman–Crippen LogP) is 3.14. The smallest absolute Gasteiger partial charge is 0.169 e. The summed E-state index contributed by atoms with van der Waals surface area (Å²) in [6, 6.07) is 5.89. The molecule has 1 aliphatic rings. The van der Waals surface area contributed by atoms with Gasteiger partial charge in [0.05, 0.1) is 12.0 Å². The normalized spacial score (nSPS) is 18.8. The maximum absolute atomic E-state index is 12.8. The molecule has 1 atom stereocenters. The minimum atomic E-state index is 0.0805. The third-order valence-corrected chi connectivity index (χ3v) is 4.06. The summed E-state index contributed by atoms with van der Waals surface area (Å²) in [5, 5.41) is 4.24. The number of aromatic nitrogens is 1. The molecule has 0 bridgehead atoms. The van der Waals surface area contributed by atoms with E-state index in [4.69, 9.17) is 4.74 Å². The summed E-state index contributed by atoms with van der Waals surface area (Å²) in [6.45, 7) is 4.55. The molecule has 2 heterocycles. The number of fused-ring (bicyclic) bond motifs is 1. The minimum Gasteiger partial charge on any atom is -0.493 e. The van der Waals surface area contributed by atoms with Crippen molar-refractivity contribution >= 4 is 16.7 Å². The quantitative estimate of drug-likeness (QED) is 0.830. The van der Waals surface area contributed by atoms with Crippen molar-refractivity contribution in [3.05, 3.63) is 30.0 Å². The summed E-state index contributed by atoms with van der Waals surface area (Å²) >= 11 is 0. The SMILES string of the molecule is CCCOc1cccc2[nH]cc(C(=O)C3CCCNC3)c12. The predicted molar refractivity (Wildman–Crippen MR) is 84.0 cm³/mol. The number of ether oxygens (including phenoxy) is 1. The van der Waals surface area contributed by atoms with Crippen LogP contribution < -0.4 is 10.1 Å². The molecule has 3 rings (SSSR count). The zero-order valence-electron chi connectivity index (χ0n) is 12.4. The molecule has 1 saturated heterocycles. The van der Waals surface area contributed by atoms with Crippen LogP contribution in [0.15, 0.2) is 24.4 Å². The molecule has 0 radical (unpaired) electrons. The van der Waals surface area contributed by atoms with Crippen molar-refractivity contribution in [2.24, 2.45) is 5.92 Å². The van der Waals surface area contributed by atoms with Crippen molar-refractivity contribution in [1.29, 1.82) is 0 Å². The zero-order chi connectivity index (χ0) is 14.7. The molecule has 112 valence electrons. The van der Waals surface area contributed by atoms with Crippen LogP contribution >= 0.6 is 0 Å². The second kappa shape index (κ2) is 6.31. The van der Waals surface area contributed by atoms with Gasteiger partial charge in [0.1, 0.15) is 5.75 Å². The Bertz CT molecular complexity index is 627. The monoisotopic (exact) mass is 286 g/mol. The Kier molecular flexibility index (Phi) is 4.25. The number of piperidine rings is 1. The van der Waals surface area contributed by atoms with Crippen LogP contribution in [-0.2, 0) is 0 Å². The first-order valence-corrected chi connectivity index (χ1v) is 7.79. The lowest BCUT2D eigenvalue weighted by atomic mass is 9.90. The summed E-state index contributed by atoms with van der Waals surface area (Å²) in [6.07, 6.45) is 4.82. The minimum absolute atomic E-state index is 0.0805. The first-order chi connectivity index (χ1) is 10.3. The highest BCUT2D eigenvalue weighted by Gasteiger charge is 2.25. The van der Waals surface area contributed by atoms with Gasteiger partial charge in [-0.05, 0) is 37.9 Å². The highest BCUT2D eigenvalue weighted by molar-refractivity contribution is 6.11. The van der Waals surface area contributed by atoms with Crippen LogP contribution in [0.3, 0.4) is 0 Å². The lowest BCUT2D eigenvalue weighted by Crippen LogP contribution is -2.34. The van der Waals surface area contributed by atoms with Crippen LogP contribution in [0.4, 0.5) is 0 Å². The molecular formula is C17H22N2O2. The summed E-state index contributed by atoms with van der Waals surface area (Å²) in [7, 11) is 0. The van der Waals surface area contributed by atoms with Crippen molar-refractivity contribution in [3.8, 4) is 5.75 Å². The van der Waals surface area contributed by atoms with E-state index in [9.17, 15) is 4.79 Å². The number of ketones is 1. The Balaban J connectivity index is 1.95. The van der Waals surface area contributed by atoms with Crippen LogP contribution in [0.5, 0.6) is 5.75 Å². The van der Waals surface area contributed by atoms with Crippen LogP contribution in [0.25, 0.3) is 10.9 Å². The van der Waals surface area contributed by atoms with Crippen molar-refractivity contribution < 1.29 is 9.53 Å². The third-order valence-electron chi connectivity index (χ3n) is 4.06. The van der Waals surface area contributed by atoms with Gasteiger partial charge in [-0.2, -0.15) is 0 Å². The zero-order valence-corrected chi connectivity index (χ0v) is 12.4. The average molecular weight is 286 g/mol. The molecule has 0 amide bonds. The summed E-state index contributed by atoms with van der Waals surface area (Å²) in [5.74, 6) is 1.11. The van der Waals surface area contributed by atoms with Gasteiger partial charge >= 0.3 is 0 Å². The number of hydrogen-bond acceptors (Lipinski definition) is 3. The molecule has 4 heteroatoms. The number of carbonyl (C=O) groups is 1. The number of Topliss-reactive ketones (excluding diaryl/α,β-unsaturated/α-hetero) is 1. The summed E-state index contributed by atoms with van der Waals surface area (Å²) in [4.78, 5) is 16.0. The first kappa shape index (κ1) is 14.1. The molecule has 0 saturated carbocycles. The van der Waals surface area contributed by atoms with Crippen LogP contribution in [0.1, 0.15) is 36.5 Å². The fourth-order valence-corrected chi connectivity index (χ4v) is 2.97. The van der Waals surface area contributed by atoms with E-state index >= 15 is 0 Å². The molecule has 0 spiro atoms. The topological polar surface area (TPSA) is 54.1 Å². The van der Waals surface area contributed by atoms with E-state index in [1.165, 1.54) is 0 Å². The summed E-state index contributed by atoms with van der Waals surface area (Å²) in [5.41, 5.74) is 1.74. The van der Waals surface area contributed by atoms with Gasteiger partial charge in [0.15, 0.2) is 5.78 Å². The van der Waals surface area contributed by atoms with E-state index in [2.05, 4.69) is 17.2 Å². The fourth-order valence-electron chi connectivity index (χ4n) is 2.97. The second-order valence-electron chi connectivity index (χ2n) is 5.64. The average Bonchev–Trinajstić information content (AvgIpc) is 2.97. The Hall–Kier alpha value is -1.81. The Labute approximate surface area is 124 Å². The number of hydrogen-bond donors (Lipinski definition) is 2. The van der Waals surface area contributed by atoms with Crippen LogP contribution in [0, 0.1) is 5.92 Å². The maximum atomic E-state index is 12.8. The molecule has 4 nitrogen and oxygen atoms in total. The van der Waals surface area contributed by atoms with Gasteiger partial charge in [-0.25, -0.2) is 0 Å².